The van der Waals surface area contributed by atoms with Crippen LogP contribution in [0.25, 0.3) is 0 Å². The Balaban J connectivity index is 2.20. The number of sulfonamides is 1. The van der Waals surface area contributed by atoms with Crippen molar-refractivity contribution in [2.75, 3.05) is 7.05 Å². The number of hydrogen-bond acceptors (Lipinski definition) is 4. The molecule has 0 spiro atoms. The lowest BCUT2D eigenvalue weighted by Crippen LogP contribution is -2.26. The van der Waals surface area contributed by atoms with Crippen LogP contribution in [-0.4, -0.2) is 39.3 Å². The fourth-order valence-electron chi connectivity index (χ4n) is 1.61. The molecule has 0 aliphatic carbocycles. The van der Waals surface area contributed by atoms with Gasteiger partial charge >= 0.3 is 0 Å². The molecule has 0 aliphatic rings. The fraction of sp³-hybridized carbons (Fsp3) is 0.400. The van der Waals surface area contributed by atoms with Gasteiger partial charge in [-0.3, -0.25) is 9.36 Å². The van der Waals surface area contributed by atoms with Crippen LogP contribution in [0, 0.1) is 0 Å². The molecule has 18 heavy (non-hydrogen) atoms. The summed E-state index contributed by atoms with van der Waals surface area (Å²) >= 11 is 0. The van der Waals surface area contributed by atoms with Crippen LogP contribution in [0.4, 0.5) is 0 Å². The van der Waals surface area contributed by atoms with E-state index in [2.05, 4.69) is 10.2 Å². The molecule has 0 radical (unpaired) electrons. The second-order valence-electron chi connectivity index (χ2n) is 4.13. The minimum absolute atomic E-state index is 0.191. The highest BCUT2D eigenvalue weighted by atomic mass is 32.2. The van der Waals surface area contributed by atoms with Gasteiger partial charge in [0.25, 0.3) is 0 Å². The van der Waals surface area contributed by atoms with E-state index in [1.165, 1.54) is 28.4 Å². The third-order valence-electron chi connectivity index (χ3n) is 2.55. The molecule has 2 heterocycles. The number of nitrogens with zero attached hydrogens (tertiary/aromatic N) is 5. The second-order valence-corrected chi connectivity index (χ2v) is 6.18. The monoisotopic (exact) mass is 269 g/mol. The van der Waals surface area contributed by atoms with E-state index in [4.69, 9.17) is 0 Å². The third-order valence-corrected chi connectivity index (χ3v) is 4.31. The van der Waals surface area contributed by atoms with Gasteiger partial charge in [0.1, 0.15) is 4.90 Å². The Labute approximate surface area is 106 Å². The molecule has 2 aromatic heterocycles. The summed E-state index contributed by atoms with van der Waals surface area (Å²) in [6.45, 7) is 0.283. The summed E-state index contributed by atoms with van der Waals surface area (Å²) in [7, 11) is 1.51. The Bertz CT molecular complexity index is 643. The Morgan fingerprint density at radius 3 is 2.28 bits per heavy atom. The summed E-state index contributed by atoms with van der Waals surface area (Å²) in [6.07, 6.45) is 6.26. The Morgan fingerprint density at radius 2 is 1.78 bits per heavy atom. The van der Waals surface area contributed by atoms with Gasteiger partial charge in [0.2, 0.25) is 10.0 Å². The largest absolute Gasteiger partial charge is 0.275 e. The molecule has 98 valence electrons. The predicted molar refractivity (Wildman–Crippen MR) is 65.1 cm³/mol. The topological polar surface area (TPSA) is 73.0 Å². The lowest BCUT2D eigenvalue weighted by Gasteiger charge is -2.14. The average Bonchev–Trinajstić information content (AvgIpc) is 2.88. The molecule has 0 fully saturated rings. The first-order valence-electron chi connectivity index (χ1n) is 5.32. The van der Waals surface area contributed by atoms with Gasteiger partial charge < -0.3 is 0 Å². The zero-order chi connectivity index (χ0) is 13.3. The molecule has 0 atom stereocenters. The summed E-state index contributed by atoms with van der Waals surface area (Å²) in [4.78, 5) is 0.191. The second kappa shape index (κ2) is 4.54. The van der Waals surface area contributed by atoms with Crippen LogP contribution < -0.4 is 0 Å². The van der Waals surface area contributed by atoms with Crippen molar-refractivity contribution < 1.29 is 8.42 Å². The highest BCUT2D eigenvalue weighted by Gasteiger charge is 2.22. The molecule has 0 saturated heterocycles. The summed E-state index contributed by atoms with van der Waals surface area (Å²) in [5.74, 6) is 0. The van der Waals surface area contributed by atoms with Gasteiger partial charge in [-0.25, -0.2) is 8.42 Å². The quantitative estimate of drug-likeness (QED) is 0.781. The Hall–Kier alpha value is -1.67. The van der Waals surface area contributed by atoms with Crippen LogP contribution in [0.15, 0.2) is 29.7 Å². The van der Waals surface area contributed by atoms with Crippen molar-refractivity contribution in [2.45, 2.75) is 11.4 Å². The number of rotatable bonds is 4. The number of aryl methyl sites for hydroxylation is 2. The van der Waals surface area contributed by atoms with Crippen LogP contribution in [0.3, 0.4) is 0 Å². The van der Waals surface area contributed by atoms with Crippen molar-refractivity contribution >= 4 is 10.0 Å². The molecular weight excluding hydrogens is 254 g/mol. The van der Waals surface area contributed by atoms with E-state index >= 15 is 0 Å². The lowest BCUT2D eigenvalue weighted by molar-refractivity contribution is 0.466. The SMILES string of the molecule is CN(Cc1cnn(C)c1)S(=O)(=O)c1cnn(C)c1. The van der Waals surface area contributed by atoms with Gasteiger partial charge in [-0.2, -0.15) is 14.5 Å². The fourth-order valence-corrected chi connectivity index (χ4v) is 2.75. The maximum atomic E-state index is 12.2. The van der Waals surface area contributed by atoms with Crippen molar-refractivity contribution in [3.63, 3.8) is 0 Å². The van der Waals surface area contributed by atoms with E-state index in [1.54, 1.807) is 31.2 Å². The summed E-state index contributed by atoms with van der Waals surface area (Å²) in [5, 5.41) is 7.88. The van der Waals surface area contributed by atoms with Crippen molar-refractivity contribution in [1.82, 2.24) is 23.9 Å². The van der Waals surface area contributed by atoms with Gasteiger partial charge in [0.05, 0.1) is 12.4 Å². The first-order chi connectivity index (χ1) is 8.39. The zero-order valence-corrected chi connectivity index (χ0v) is 11.3. The van der Waals surface area contributed by atoms with Gasteiger partial charge in [0, 0.05) is 45.6 Å². The first-order valence-corrected chi connectivity index (χ1v) is 6.76. The minimum atomic E-state index is -3.49. The Morgan fingerprint density at radius 1 is 1.17 bits per heavy atom. The molecular formula is C10H15N5O2S. The smallest absolute Gasteiger partial charge is 0.246 e. The molecule has 0 aromatic carbocycles. The average molecular weight is 269 g/mol. The van der Waals surface area contributed by atoms with Crippen LogP contribution in [-0.2, 0) is 30.7 Å². The van der Waals surface area contributed by atoms with E-state index < -0.39 is 10.0 Å². The zero-order valence-electron chi connectivity index (χ0n) is 10.5. The van der Waals surface area contributed by atoms with Gasteiger partial charge in [0.15, 0.2) is 0 Å². The van der Waals surface area contributed by atoms with Crippen molar-refractivity contribution in [3.05, 3.63) is 30.4 Å². The third kappa shape index (κ3) is 2.44. The molecule has 8 heteroatoms. The van der Waals surface area contributed by atoms with E-state index in [9.17, 15) is 8.42 Å². The van der Waals surface area contributed by atoms with Gasteiger partial charge in [-0.05, 0) is 0 Å². The Kier molecular flexibility index (Phi) is 3.22. The van der Waals surface area contributed by atoms with Crippen LogP contribution in [0.5, 0.6) is 0 Å². The maximum Gasteiger partial charge on any atom is 0.246 e. The number of aromatic nitrogens is 4. The summed E-state index contributed by atoms with van der Waals surface area (Å²) < 4.78 is 28.8. The van der Waals surface area contributed by atoms with Gasteiger partial charge in [-0.1, -0.05) is 0 Å². The first kappa shape index (κ1) is 12.8. The normalized spacial score (nSPS) is 12.2. The summed E-state index contributed by atoms with van der Waals surface area (Å²) in [5.41, 5.74) is 0.840. The molecule has 7 nitrogen and oxygen atoms in total. The van der Waals surface area contributed by atoms with Crippen LogP contribution in [0.1, 0.15) is 5.56 Å². The highest BCUT2D eigenvalue weighted by Crippen LogP contribution is 2.15. The molecule has 2 aromatic rings. The van der Waals surface area contributed by atoms with E-state index in [0.29, 0.717) is 0 Å². The van der Waals surface area contributed by atoms with E-state index in [-0.39, 0.29) is 11.4 Å². The van der Waals surface area contributed by atoms with E-state index in [0.717, 1.165) is 5.56 Å². The minimum Gasteiger partial charge on any atom is -0.275 e. The highest BCUT2D eigenvalue weighted by molar-refractivity contribution is 7.89. The van der Waals surface area contributed by atoms with Crippen molar-refractivity contribution in [2.24, 2.45) is 14.1 Å². The molecule has 2 rings (SSSR count). The van der Waals surface area contributed by atoms with Crippen molar-refractivity contribution in [1.29, 1.82) is 0 Å². The predicted octanol–water partition coefficient (Wildman–Crippen LogP) is -0.0257. The lowest BCUT2D eigenvalue weighted by atomic mass is 10.4. The molecule has 0 aliphatic heterocycles. The molecule has 0 bridgehead atoms. The molecule has 0 unspecified atom stereocenters. The van der Waals surface area contributed by atoms with E-state index in [1.807, 2.05) is 0 Å². The van der Waals surface area contributed by atoms with Crippen LogP contribution in [0.2, 0.25) is 0 Å². The standard InChI is InChI=1S/C10H15N5O2S/c1-13-6-9(4-11-13)7-15(3)18(16,17)10-5-12-14(2)8-10/h4-6,8H,7H2,1-3H3. The van der Waals surface area contributed by atoms with Gasteiger partial charge in [-0.15, -0.1) is 0 Å². The molecule has 0 N–H and O–H groups in total. The maximum absolute atomic E-state index is 12.2. The summed E-state index contributed by atoms with van der Waals surface area (Å²) in [6, 6.07) is 0. The number of hydrogen-bond donors (Lipinski definition) is 0. The van der Waals surface area contributed by atoms with Crippen molar-refractivity contribution in [3.8, 4) is 0 Å². The molecule has 0 saturated carbocycles. The van der Waals surface area contributed by atoms with Crippen LogP contribution >= 0.6 is 0 Å². The molecule has 0 amide bonds.